The highest BCUT2D eigenvalue weighted by molar-refractivity contribution is 9.10. The Hall–Kier alpha value is -3.07. The Morgan fingerprint density at radius 1 is 1.16 bits per heavy atom. The molecule has 4 N–H and O–H groups in total. The van der Waals surface area contributed by atoms with Crippen LogP contribution in [0.15, 0.2) is 46.1 Å². The maximum atomic E-state index is 12.2. The van der Waals surface area contributed by atoms with Crippen LogP contribution in [0.1, 0.15) is 77.0 Å². The summed E-state index contributed by atoms with van der Waals surface area (Å²) in [5, 5.41) is 11.4. The molecule has 3 aromatic rings. The summed E-state index contributed by atoms with van der Waals surface area (Å²) >= 11 is 3.59. The Bertz CT molecular complexity index is 1300. The third-order valence-electron chi connectivity index (χ3n) is 6.87. The minimum absolute atomic E-state index is 0.104. The minimum atomic E-state index is -0.505. The number of fused-ring (bicyclic) bond motifs is 1. The monoisotopic (exact) mass is 582 g/mol. The minimum Gasteiger partial charge on any atom is -0.444 e. The van der Waals surface area contributed by atoms with E-state index in [0.29, 0.717) is 5.84 Å². The molecule has 2 heterocycles. The van der Waals surface area contributed by atoms with Gasteiger partial charge in [0, 0.05) is 22.8 Å². The average Bonchev–Trinajstić information content (AvgIpc) is 3.25. The van der Waals surface area contributed by atoms with E-state index in [1.165, 1.54) is 11.1 Å². The van der Waals surface area contributed by atoms with Gasteiger partial charge in [-0.3, -0.25) is 0 Å². The molecule has 1 aromatic carbocycles. The van der Waals surface area contributed by atoms with Crippen molar-refractivity contribution in [2.24, 2.45) is 10.7 Å². The highest BCUT2D eigenvalue weighted by Gasteiger charge is 2.26. The maximum Gasteiger partial charge on any atom is 0.407 e. The largest absolute Gasteiger partial charge is 0.444 e. The third kappa shape index (κ3) is 6.67. The van der Waals surface area contributed by atoms with E-state index < -0.39 is 5.60 Å². The first-order valence-electron chi connectivity index (χ1n) is 13.5. The Kier molecular flexibility index (Phi) is 8.65. The number of amides is 1. The molecule has 0 saturated heterocycles. The lowest BCUT2D eigenvalue weighted by molar-refractivity contribution is 0.0492. The molecule has 9 heteroatoms. The van der Waals surface area contributed by atoms with Gasteiger partial charge in [0.05, 0.1) is 28.7 Å². The number of hydrogen-bond donors (Lipinski definition) is 3. The molecule has 8 nitrogen and oxygen atoms in total. The highest BCUT2D eigenvalue weighted by Crippen LogP contribution is 2.31. The Morgan fingerprint density at radius 3 is 2.39 bits per heavy atom. The SMILES string of the molecule is CCc1cccc(CC)c1N=C(N)c1cnn2cc(Br)cc2c1NC1CCC(NC(=O)OC(C)(C)C)CC1. The number of hydrogen-bond acceptors (Lipinski definition) is 5. The van der Waals surface area contributed by atoms with Gasteiger partial charge >= 0.3 is 6.09 Å². The summed E-state index contributed by atoms with van der Waals surface area (Å²) in [6.45, 7) is 9.89. The number of nitrogens with one attached hydrogen (secondary N) is 2. The van der Waals surface area contributed by atoms with Gasteiger partial charge in [-0.25, -0.2) is 14.3 Å². The molecule has 0 bridgehead atoms. The van der Waals surface area contributed by atoms with Gasteiger partial charge in [-0.15, -0.1) is 0 Å². The normalized spacial score (nSPS) is 18.4. The number of carbonyl (C=O) groups is 1. The van der Waals surface area contributed by atoms with Crippen molar-refractivity contribution in [1.82, 2.24) is 14.9 Å². The van der Waals surface area contributed by atoms with Crippen molar-refractivity contribution >= 4 is 44.8 Å². The fourth-order valence-electron chi connectivity index (χ4n) is 4.97. The van der Waals surface area contributed by atoms with Gasteiger partial charge in [-0.2, -0.15) is 5.10 Å². The van der Waals surface area contributed by atoms with E-state index in [1.807, 2.05) is 37.5 Å². The zero-order valence-corrected chi connectivity index (χ0v) is 24.6. The number of alkyl carbamates (subject to hydrolysis) is 1. The van der Waals surface area contributed by atoms with Crippen LogP contribution in [0, 0.1) is 0 Å². The molecule has 0 unspecified atom stereocenters. The van der Waals surface area contributed by atoms with E-state index in [0.717, 1.165) is 65.5 Å². The molecular formula is C29H39BrN6O2. The third-order valence-corrected chi connectivity index (χ3v) is 7.31. The topological polar surface area (TPSA) is 106 Å². The van der Waals surface area contributed by atoms with Crippen LogP contribution in [0.5, 0.6) is 0 Å². The number of nitrogens with zero attached hydrogens (tertiary/aromatic N) is 3. The van der Waals surface area contributed by atoms with Crippen molar-refractivity contribution in [1.29, 1.82) is 0 Å². The van der Waals surface area contributed by atoms with E-state index in [1.54, 1.807) is 6.20 Å². The maximum absolute atomic E-state index is 12.2. The van der Waals surface area contributed by atoms with Crippen molar-refractivity contribution in [2.45, 2.75) is 90.8 Å². The first-order chi connectivity index (χ1) is 18.1. The van der Waals surface area contributed by atoms with Gasteiger partial charge in [0.1, 0.15) is 11.4 Å². The lowest BCUT2D eigenvalue weighted by Gasteiger charge is -2.31. The van der Waals surface area contributed by atoms with Crippen LogP contribution in [-0.4, -0.2) is 39.2 Å². The predicted octanol–water partition coefficient (Wildman–Crippen LogP) is 6.51. The van der Waals surface area contributed by atoms with Gasteiger partial charge in [0.2, 0.25) is 0 Å². The summed E-state index contributed by atoms with van der Waals surface area (Å²) in [6, 6.07) is 8.68. The molecular weight excluding hydrogens is 544 g/mol. The second-order valence-corrected chi connectivity index (χ2v) is 11.8. The number of carbonyl (C=O) groups excluding carboxylic acids is 1. The second-order valence-electron chi connectivity index (χ2n) is 10.9. The predicted molar refractivity (Wildman–Crippen MR) is 158 cm³/mol. The lowest BCUT2D eigenvalue weighted by atomic mass is 9.91. The highest BCUT2D eigenvalue weighted by atomic mass is 79.9. The Morgan fingerprint density at radius 2 is 1.79 bits per heavy atom. The summed E-state index contributed by atoms with van der Waals surface area (Å²) < 4.78 is 8.21. The second kappa shape index (κ2) is 11.8. The summed E-state index contributed by atoms with van der Waals surface area (Å²) in [6.07, 6.45) is 8.68. The molecule has 1 aliphatic rings. The number of nitrogens with two attached hydrogens (primary N) is 1. The van der Waals surface area contributed by atoms with Gasteiger partial charge < -0.3 is 21.1 Å². The Labute approximate surface area is 233 Å². The summed E-state index contributed by atoms with van der Waals surface area (Å²) in [4.78, 5) is 17.2. The van der Waals surface area contributed by atoms with Crippen LogP contribution in [0.25, 0.3) is 5.52 Å². The van der Waals surface area contributed by atoms with Crippen LogP contribution < -0.4 is 16.4 Å². The van der Waals surface area contributed by atoms with Crippen molar-refractivity contribution in [2.75, 3.05) is 5.32 Å². The van der Waals surface area contributed by atoms with Crippen molar-refractivity contribution in [3.63, 3.8) is 0 Å². The fourth-order valence-corrected chi connectivity index (χ4v) is 5.38. The molecule has 2 aromatic heterocycles. The standard InChI is InChI=1S/C29H39BrN6O2/c1-6-18-9-8-10-19(7-2)25(18)35-27(31)23-16-32-36-17-20(30)15-24(36)26(23)33-21-11-13-22(14-12-21)34-28(37)38-29(3,4)5/h8-10,15-17,21-22,33H,6-7,11-14H2,1-5H3,(H2,31,35)(H,34,37). The van der Waals surface area contributed by atoms with Gasteiger partial charge in [0.25, 0.3) is 0 Å². The number of aliphatic imine (C=N–C) groups is 1. The number of para-hydroxylation sites is 1. The van der Waals surface area contributed by atoms with E-state index >= 15 is 0 Å². The smallest absolute Gasteiger partial charge is 0.407 e. The van der Waals surface area contributed by atoms with E-state index in [4.69, 9.17) is 15.5 Å². The summed E-state index contributed by atoms with van der Waals surface area (Å²) in [5.41, 5.74) is 12.1. The summed E-state index contributed by atoms with van der Waals surface area (Å²) in [7, 11) is 0. The van der Waals surface area contributed by atoms with Gasteiger partial charge in [0.15, 0.2) is 0 Å². The van der Waals surface area contributed by atoms with E-state index in [2.05, 4.69) is 63.7 Å². The zero-order valence-electron chi connectivity index (χ0n) is 23.0. The molecule has 0 radical (unpaired) electrons. The van der Waals surface area contributed by atoms with Crippen LogP contribution in [0.2, 0.25) is 0 Å². The molecule has 1 aliphatic carbocycles. The van der Waals surface area contributed by atoms with Crippen molar-refractivity contribution in [3.8, 4) is 0 Å². The average molecular weight is 584 g/mol. The van der Waals surface area contributed by atoms with Crippen molar-refractivity contribution in [3.05, 3.63) is 57.8 Å². The fraction of sp³-hybridized carbons (Fsp3) is 0.483. The number of ether oxygens (including phenoxy) is 1. The number of benzene rings is 1. The van der Waals surface area contributed by atoms with E-state index in [9.17, 15) is 4.79 Å². The quantitative estimate of drug-likeness (QED) is 0.217. The molecule has 1 amide bonds. The first kappa shape index (κ1) is 28.0. The number of amidine groups is 1. The number of rotatable bonds is 7. The Balaban J connectivity index is 1.58. The first-order valence-corrected chi connectivity index (χ1v) is 14.3. The van der Waals surface area contributed by atoms with E-state index in [-0.39, 0.29) is 18.2 Å². The number of aryl methyl sites for hydroxylation is 2. The number of anilines is 1. The van der Waals surface area contributed by atoms with Crippen LogP contribution in [0.3, 0.4) is 0 Å². The van der Waals surface area contributed by atoms with Gasteiger partial charge in [-0.1, -0.05) is 32.0 Å². The summed E-state index contributed by atoms with van der Waals surface area (Å²) in [5.74, 6) is 0.440. The van der Waals surface area contributed by atoms with Gasteiger partial charge in [-0.05, 0) is 92.4 Å². The number of aromatic nitrogens is 2. The zero-order chi connectivity index (χ0) is 27.4. The molecule has 4 rings (SSSR count). The molecule has 204 valence electrons. The van der Waals surface area contributed by atoms with Crippen LogP contribution >= 0.6 is 15.9 Å². The van der Waals surface area contributed by atoms with Crippen LogP contribution in [-0.2, 0) is 17.6 Å². The number of halogens is 1. The molecule has 0 spiro atoms. The molecule has 0 atom stereocenters. The van der Waals surface area contributed by atoms with Crippen LogP contribution in [0.4, 0.5) is 16.2 Å². The van der Waals surface area contributed by atoms with Crippen molar-refractivity contribution < 1.29 is 9.53 Å². The molecule has 1 fully saturated rings. The lowest BCUT2D eigenvalue weighted by Crippen LogP contribution is -2.42. The molecule has 0 aliphatic heterocycles. The molecule has 38 heavy (non-hydrogen) atoms. The molecule has 1 saturated carbocycles.